The first-order chi connectivity index (χ1) is 10.2. The minimum Gasteiger partial charge on any atom is -0.390 e. The zero-order valence-corrected chi connectivity index (χ0v) is 12.6. The zero-order valence-electron chi connectivity index (χ0n) is 12.6. The molecular weight excluding hydrogens is 264 g/mol. The molecule has 2 atom stereocenters. The Bertz CT molecular complexity index is 478. The van der Waals surface area contributed by atoms with Gasteiger partial charge in [0.1, 0.15) is 0 Å². The van der Waals surface area contributed by atoms with Crippen LogP contribution in [0.4, 0.5) is 0 Å². The van der Waals surface area contributed by atoms with E-state index in [1.807, 2.05) is 43.3 Å². The number of rotatable bonds is 6. The van der Waals surface area contributed by atoms with Crippen molar-refractivity contribution >= 4 is 5.78 Å². The average molecular weight is 288 g/mol. The van der Waals surface area contributed by atoms with Crippen molar-refractivity contribution in [2.24, 2.45) is 5.92 Å². The summed E-state index contributed by atoms with van der Waals surface area (Å²) in [6.45, 7) is 2.72. The predicted octanol–water partition coefficient (Wildman–Crippen LogP) is 3.27. The van der Waals surface area contributed by atoms with Crippen molar-refractivity contribution < 1.29 is 14.6 Å². The first-order valence-electron chi connectivity index (χ1n) is 7.70. The molecule has 0 amide bonds. The molecule has 0 radical (unpaired) electrons. The fourth-order valence-electron chi connectivity index (χ4n) is 2.53. The predicted molar refractivity (Wildman–Crippen MR) is 82.8 cm³/mol. The SMILES string of the molecule is CC(/C=C1\CCCCC1=O)C(O)COCc1ccccc1. The molecule has 2 rings (SSSR count). The van der Waals surface area contributed by atoms with Crippen molar-refractivity contribution in [3.63, 3.8) is 0 Å². The number of aliphatic hydroxyl groups excluding tert-OH is 1. The summed E-state index contributed by atoms with van der Waals surface area (Å²) in [6, 6.07) is 9.90. The minimum absolute atomic E-state index is 0.0576. The van der Waals surface area contributed by atoms with Crippen LogP contribution in [0.15, 0.2) is 42.0 Å². The quantitative estimate of drug-likeness (QED) is 0.817. The van der Waals surface area contributed by atoms with E-state index in [0.29, 0.717) is 13.0 Å². The van der Waals surface area contributed by atoms with Crippen molar-refractivity contribution in [2.45, 2.75) is 45.3 Å². The molecule has 0 spiro atoms. The van der Waals surface area contributed by atoms with Crippen LogP contribution in [0.2, 0.25) is 0 Å². The van der Waals surface area contributed by atoms with Gasteiger partial charge in [0.05, 0.1) is 19.3 Å². The zero-order chi connectivity index (χ0) is 15.1. The number of aliphatic hydroxyl groups is 1. The van der Waals surface area contributed by atoms with Crippen LogP contribution < -0.4 is 0 Å². The first kappa shape index (κ1) is 15.9. The summed E-state index contributed by atoms with van der Waals surface area (Å²) in [5.41, 5.74) is 1.98. The summed E-state index contributed by atoms with van der Waals surface area (Å²) in [7, 11) is 0. The van der Waals surface area contributed by atoms with Gasteiger partial charge in [0.25, 0.3) is 0 Å². The highest BCUT2D eigenvalue weighted by Crippen LogP contribution is 2.22. The Morgan fingerprint density at radius 2 is 1.95 bits per heavy atom. The van der Waals surface area contributed by atoms with Gasteiger partial charge in [0.2, 0.25) is 0 Å². The number of hydrogen-bond acceptors (Lipinski definition) is 3. The molecule has 1 aliphatic rings. The third kappa shape index (κ3) is 5.10. The van der Waals surface area contributed by atoms with Crippen molar-refractivity contribution in [3.8, 4) is 0 Å². The summed E-state index contributed by atoms with van der Waals surface area (Å²) in [6.07, 6.45) is 4.92. The average Bonchev–Trinajstić information content (AvgIpc) is 2.50. The molecule has 3 nitrogen and oxygen atoms in total. The summed E-state index contributed by atoms with van der Waals surface area (Å²) in [5.74, 6) is 0.184. The minimum atomic E-state index is -0.573. The van der Waals surface area contributed by atoms with Crippen molar-refractivity contribution in [1.29, 1.82) is 0 Å². The van der Waals surface area contributed by atoms with Gasteiger partial charge in [-0.05, 0) is 30.4 Å². The van der Waals surface area contributed by atoms with Crippen LogP contribution in [0.25, 0.3) is 0 Å². The van der Waals surface area contributed by atoms with Gasteiger partial charge in [0, 0.05) is 12.3 Å². The molecule has 1 aromatic rings. The fourth-order valence-corrected chi connectivity index (χ4v) is 2.53. The molecule has 2 unspecified atom stereocenters. The van der Waals surface area contributed by atoms with Crippen LogP contribution in [0.3, 0.4) is 0 Å². The lowest BCUT2D eigenvalue weighted by Gasteiger charge is -2.19. The Hall–Kier alpha value is -1.45. The molecule has 1 saturated carbocycles. The third-order valence-corrected chi connectivity index (χ3v) is 3.93. The maximum atomic E-state index is 11.8. The molecule has 114 valence electrons. The Balaban J connectivity index is 1.78. The molecular formula is C18H24O3. The van der Waals surface area contributed by atoms with Crippen LogP contribution in [0.1, 0.15) is 38.2 Å². The van der Waals surface area contributed by atoms with Crippen LogP contribution in [0, 0.1) is 5.92 Å². The number of Topliss-reactive ketones (excluding diaryl/α,β-unsaturated/α-hetero) is 1. The van der Waals surface area contributed by atoms with E-state index in [9.17, 15) is 9.90 Å². The van der Waals surface area contributed by atoms with E-state index >= 15 is 0 Å². The first-order valence-corrected chi connectivity index (χ1v) is 7.70. The number of carbonyl (C=O) groups excluding carboxylic acids is 1. The number of ether oxygens (including phenoxy) is 1. The smallest absolute Gasteiger partial charge is 0.158 e. The van der Waals surface area contributed by atoms with Gasteiger partial charge >= 0.3 is 0 Å². The highest BCUT2D eigenvalue weighted by molar-refractivity contribution is 5.95. The molecule has 0 heterocycles. The number of benzene rings is 1. The molecule has 1 aromatic carbocycles. The number of allylic oxidation sites excluding steroid dienone is 1. The second kappa shape index (κ2) is 8.11. The largest absolute Gasteiger partial charge is 0.390 e. The summed E-state index contributed by atoms with van der Waals surface area (Å²) < 4.78 is 5.55. The molecule has 1 N–H and O–H groups in total. The second-order valence-electron chi connectivity index (χ2n) is 5.75. The van der Waals surface area contributed by atoms with Gasteiger partial charge in [-0.3, -0.25) is 4.79 Å². The summed E-state index contributed by atoms with van der Waals surface area (Å²) in [5, 5.41) is 10.1. The third-order valence-electron chi connectivity index (χ3n) is 3.93. The standard InChI is InChI=1S/C18H24O3/c1-14(11-16-9-5-6-10-17(16)19)18(20)13-21-12-15-7-3-2-4-8-15/h2-4,7-8,11,14,18,20H,5-6,9-10,12-13H2,1H3/b16-11+. The van der Waals surface area contributed by atoms with Gasteiger partial charge in [-0.1, -0.05) is 43.3 Å². The van der Waals surface area contributed by atoms with Crippen LogP contribution in [-0.2, 0) is 16.1 Å². The van der Waals surface area contributed by atoms with E-state index in [1.165, 1.54) is 0 Å². The molecule has 1 aliphatic carbocycles. The number of ketones is 1. The van der Waals surface area contributed by atoms with Gasteiger partial charge in [-0.25, -0.2) is 0 Å². The Morgan fingerprint density at radius 1 is 1.24 bits per heavy atom. The highest BCUT2D eigenvalue weighted by atomic mass is 16.5. The fraction of sp³-hybridized carbons (Fsp3) is 0.500. The maximum absolute atomic E-state index is 11.8. The van der Waals surface area contributed by atoms with E-state index in [2.05, 4.69) is 0 Å². The van der Waals surface area contributed by atoms with Gasteiger partial charge in [0.15, 0.2) is 5.78 Å². The van der Waals surface area contributed by atoms with Crippen molar-refractivity contribution in [3.05, 3.63) is 47.5 Å². The molecule has 1 fully saturated rings. The normalized spacial score (nSPS) is 20.5. The molecule has 0 aromatic heterocycles. The van der Waals surface area contributed by atoms with Crippen molar-refractivity contribution in [1.82, 2.24) is 0 Å². The van der Waals surface area contributed by atoms with Crippen LogP contribution in [0.5, 0.6) is 0 Å². The van der Waals surface area contributed by atoms with E-state index in [4.69, 9.17) is 4.74 Å². The Labute approximate surface area is 126 Å². The lowest BCUT2D eigenvalue weighted by molar-refractivity contribution is -0.116. The van der Waals surface area contributed by atoms with Crippen LogP contribution >= 0.6 is 0 Å². The second-order valence-corrected chi connectivity index (χ2v) is 5.75. The van der Waals surface area contributed by atoms with Gasteiger partial charge in [-0.15, -0.1) is 0 Å². The molecule has 0 saturated heterocycles. The van der Waals surface area contributed by atoms with Gasteiger partial charge < -0.3 is 9.84 Å². The molecule has 0 bridgehead atoms. The van der Waals surface area contributed by atoms with E-state index in [-0.39, 0.29) is 18.3 Å². The Morgan fingerprint density at radius 3 is 2.67 bits per heavy atom. The lowest BCUT2D eigenvalue weighted by atomic mass is 9.90. The summed E-state index contributed by atoms with van der Waals surface area (Å²) in [4.78, 5) is 11.8. The number of carbonyl (C=O) groups is 1. The maximum Gasteiger partial charge on any atom is 0.158 e. The van der Waals surface area contributed by atoms with Gasteiger partial charge in [-0.2, -0.15) is 0 Å². The lowest BCUT2D eigenvalue weighted by Crippen LogP contribution is -2.23. The molecule has 21 heavy (non-hydrogen) atoms. The monoisotopic (exact) mass is 288 g/mol. The molecule has 3 heteroatoms. The topological polar surface area (TPSA) is 46.5 Å². The van der Waals surface area contributed by atoms with Crippen molar-refractivity contribution in [2.75, 3.05) is 6.61 Å². The van der Waals surface area contributed by atoms with Crippen LogP contribution in [-0.4, -0.2) is 23.6 Å². The molecule has 0 aliphatic heterocycles. The Kier molecular flexibility index (Phi) is 6.15. The number of hydrogen-bond donors (Lipinski definition) is 1. The van der Waals surface area contributed by atoms with E-state index in [1.54, 1.807) is 0 Å². The van der Waals surface area contributed by atoms with E-state index < -0.39 is 6.10 Å². The van der Waals surface area contributed by atoms with E-state index in [0.717, 1.165) is 30.4 Å². The highest BCUT2D eigenvalue weighted by Gasteiger charge is 2.18. The summed E-state index contributed by atoms with van der Waals surface area (Å²) >= 11 is 0.